The van der Waals surface area contributed by atoms with Crippen LogP contribution in [0.5, 0.6) is 28.7 Å². The molecule has 0 atom stereocenters. The van der Waals surface area contributed by atoms with Crippen molar-refractivity contribution < 1.29 is 61.9 Å². The zero-order valence-corrected chi connectivity index (χ0v) is 41.2. The van der Waals surface area contributed by atoms with E-state index < -0.39 is 41.6 Å². The molecule has 0 saturated heterocycles. The van der Waals surface area contributed by atoms with Crippen LogP contribution in [0.4, 0.5) is 0 Å². The quantitative estimate of drug-likeness (QED) is 0.0286. The lowest BCUT2D eigenvalue weighted by molar-refractivity contribution is -0.145. The summed E-state index contributed by atoms with van der Waals surface area (Å²) in [6.07, 6.45) is 9.22. The van der Waals surface area contributed by atoms with E-state index in [2.05, 4.69) is 13.2 Å². The van der Waals surface area contributed by atoms with Gasteiger partial charge in [-0.05, 0) is 143 Å². The Hall–Kier alpha value is -7.24. The minimum Gasteiger partial charge on any atom is -0.494 e. The molecule has 0 radical (unpaired) electrons. The number of nitrogens with zero attached hydrogens (tertiary/aromatic N) is 2. The molecule has 0 N–H and O–H groups in total. The van der Waals surface area contributed by atoms with Gasteiger partial charge in [0.05, 0.1) is 47.1 Å². The van der Waals surface area contributed by atoms with Crippen LogP contribution in [-0.2, 0) is 44.8 Å². The highest BCUT2D eigenvalue weighted by molar-refractivity contribution is 7.28. The first kappa shape index (κ1) is 51.1. The highest BCUT2D eigenvalue weighted by Gasteiger charge is 2.35. The molecule has 2 saturated carbocycles. The van der Waals surface area contributed by atoms with Crippen molar-refractivity contribution in [1.29, 1.82) is 0 Å². The topological polar surface area (TPSA) is 193 Å². The molecule has 72 heavy (non-hydrogen) atoms. The van der Waals surface area contributed by atoms with Crippen molar-refractivity contribution in [2.45, 2.75) is 83.7 Å². The number of rotatable bonds is 21. The first-order valence-electron chi connectivity index (χ1n) is 24.1. The molecule has 2 heterocycles. The summed E-state index contributed by atoms with van der Waals surface area (Å²) >= 11 is 2.77. The van der Waals surface area contributed by atoms with Gasteiger partial charge in [0.2, 0.25) is 0 Å². The van der Waals surface area contributed by atoms with Gasteiger partial charge in [-0.1, -0.05) is 37.4 Å². The Morgan fingerprint density at radius 1 is 0.514 bits per heavy atom. The second kappa shape index (κ2) is 24.7. The van der Waals surface area contributed by atoms with Crippen LogP contribution in [0.2, 0.25) is 0 Å². The molecule has 4 aromatic carbocycles. The number of fused-ring (bicyclic) bond motifs is 2. The third kappa shape index (κ3) is 13.6. The molecule has 0 bridgehead atoms. The van der Waals surface area contributed by atoms with E-state index in [-0.39, 0.29) is 36.0 Å². The largest absolute Gasteiger partial charge is 0.494 e. The van der Waals surface area contributed by atoms with Gasteiger partial charge in [0, 0.05) is 12.2 Å². The van der Waals surface area contributed by atoms with Crippen LogP contribution < -0.4 is 23.7 Å². The molecule has 2 aromatic heterocycles. The molecule has 15 nitrogen and oxygen atoms in total. The minimum atomic E-state index is -0.530. The van der Waals surface area contributed by atoms with E-state index in [1.165, 1.54) is 22.7 Å². The van der Waals surface area contributed by atoms with Crippen LogP contribution in [-0.4, -0.2) is 59.0 Å². The highest BCUT2D eigenvalue weighted by Crippen LogP contribution is 2.44. The number of unbranched alkanes of at least 4 members (excludes halogenated alkanes) is 3. The van der Waals surface area contributed by atoms with Gasteiger partial charge < -0.3 is 33.2 Å². The Morgan fingerprint density at radius 3 is 1.58 bits per heavy atom. The summed E-state index contributed by atoms with van der Waals surface area (Å²) in [5.41, 5.74) is 1.91. The lowest BCUT2D eigenvalue weighted by atomic mass is 9.82. The van der Waals surface area contributed by atoms with E-state index in [4.69, 9.17) is 43.1 Å². The molecule has 374 valence electrons. The summed E-state index contributed by atoms with van der Waals surface area (Å²) in [7, 11) is 0. The lowest BCUT2D eigenvalue weighted by Crippen LogP contribution is -2.30. The van der Waals surface area contributed by atoms with E-state index in [1.54, 1.807) is 60.7 Å². The molecule has 0 unspecified atom stereocenters. The zero-order chi connectivity index (χ0) is 50.4. The number of para-hydroxylation sites is 1. The average Bonchev–Trinajstić information content (AvgIpc) is 4.06. The van der Waals surface area contributed by atoms with Crippen LogP contribution >= 0.6 is 22.7 Å². The minimum absolute atomic E-state index is 0.0695. The maximum Gasteiger partial charge on any atom is 0.330 e. The predicted octanol–water partition coefficient (Wildman–Crippen LogP) is 11.1. The molecule has 0 spiro atoms. The standard InChI is InChI=1S/C55H54N2O13S2/c1-3-46(58)65-32-10-6-5-9-31-64-39-25-27-41(28-26-39)68-53(61)36-15-19-37(20-16-36)54(62)69-43-29-30-44(49-48(43)57-51(72-49)50-56-42-11-7-8-12-45(42)71-50)70-55(63)38-21-17-35(18-22-38)52(60)67-40-23-13-34(14-24-40)33-66-47(59)4-2/h3-4,7-8,11-14,23-30,35-38H,1-2,5-6,9-10,15-22,31-33H2/t35-,36-,37-,38-. The van der Waals surface area contributed by atoms with Crippen molar-refractivity contribution in [2.24, 2.45) is 23.7 Å². The Kier molecular flexibility index (Phi) is 17.6. The van der Waals surface area contributed by atoms with Gasteiger partial charge in [0.25, 0.3) is 0 Å². The van der Waals surface area contributed by atoms with Gasteiger partial charge in [-0.25, -0.2) is 19.6 Å². The maximum absolute atomic E-state index is 13.8. The van der Waals surface area contributed by atoms with Crippen molar-refractivity contribution in [3.8, 4) is 38.8 Å². The number of thiazole rings is 2. The Balaban J connectivity index is 0.837. The molecular formula is C55H54N2O13S2. The number of hydrogen-bond acceptors (Lipinski definition) is 17. The van der Waals surface area contributed by atoms with Gasteiger partial charge in [-0.3, -0.25) is 19.2 Å². The van der Waals surface area contributed by atoms with Gasteiger partial charge in [-0.15, -0.1) is 22.7 Å². The second-order valence-electron chi connectivity index (χ2n) is 17.6. The molecule has 2 aliphatic rings. The second-order valence-corrected chi connectivity index (χ2v) is 19.6. The fourth-order valence-electron chi connectivity index (χ4n) is 8.54. The number of esters is 6. The number of aromatic nitrogens is 2. The first-order chi connectivity index (χ1) is 35.0. The van der Waals surface area contributed by atoms with Crippen molar-refractivity contribution in [2.75, 3.05) is 13.2 Å². The summed E-state index contributed by atoms with van der Waals surface area (Å²) in [5, 5.41) is 1.24. The number of carbonyl (C=O) groups is 6. The maximum atomic E-state index is 13.8. The average molecular weight is 1020 g/mol. The molecule has 0 aliphatic heterocycles. The number of hydrogen-bond donors (Lipinski definition) is 0. The summed E-state index contributed by atoms with van der Waals surface area (Å²) < 4.78 is 40.9. The molecule has 8 rings (SSSR count). The third-order valence-corrected chi connectivity index (χ3v) is 14.9. The summed E-state index contributed by atoms with van der Waals surface area (Å²) in [6, 6.07) is 24.6. The molecule has 0 amide bonds. The summed E-state index contributed by atoms with van der Waals surface area (Å²) in [5.74, 6) is -2.28. The SMILES string of the molecule is C=CC(=O)OCCCCCCOc1ccc(OC(=O)[C@H]2CC[C@H](C(=O)Oc3ccc(OC(=O)[C@H]4CC[C@H](C(=O)Oc5ccc(COC(=O)C=C)cc5)CC4)c4sc(-c5nc6ccccc6s5)nc34)CC2)cc1. The third-order valence-electron chi connectivity index (χ3n) is 12.6. The smallest absolute Gasteiger partial charge is 0.330 e. The van der Waals surface area contributed by atoms with Gasteiger partial charge in [0.1, 0.15) is 34.1 Å². The van der Waals surface area contributed by atoms with Crippen molar-refractivity contribution in [3.63, 3.8) is 0 Å². The van der Waals surface area contributed by atoms with E-state index in [1.807, 2.05) is 24.3 Å². The fourth-order valence-corrected chi connectivity index (χ4v) is 10.6. The predicted molar refractivity (Wildman–Crippen MR) is 270 cm³/mol. The van der Waals surface area contributed by atoms with E-state index in [0.717, 1.165) is 53.6 Å². The highest BCUT2D eigenvalue weighted by atomic mass is 32.1. The molecular weight excluding hydrogens is 961 g/mol. The van der Waals surface area contributed by atoms with Gasteiger partial charge >= 0.3 is 35.8 Å². The van der Waals surface area contributed by atoms with Crippen LogP contribution in [0.15, 0.2) is 110 Å². The van der Waals surface area contributed by atoms with E-state index in [0.29, 0.717) is 102 Å². The van der Waals surface area contributed by atoms with Crippen molar-refractivity contribution >= 4 is 78.9 Å². The zero-order valence-electron chi connectivity index (χ0n) is 39.6. The van der Waals surface area contributed by atoms with E-state index >= 15 is 0 Å². The molecule has 17 heteroatoms. The van der Waals surface area contributed by atoms with Crippen LogP contribution in [0.1, 0.15) is 82.6 Å². The van der Waals surface area contributed by atoms with Gasteiger partial charge in [-0.2, -0.15) is 0 Å². The van der Waals surface area contributed by atoms with Crippen LogP contribution in [0, 0.1) is 23.7 Å². The van der Waals surface area contributed by atoms with Crippen LogP contribution in [0.3, 0.4) is 0 Å². The summed E-state index contributed by atoms with van der Waals surface area (Å²) in [6.45, 7) is 7.74. The Labute approximate surface area is 424 Å². The Bertz CT molecular complexity index is 2880. The molecule has 6 aromatic rings. The van der Waals surface area contributed by atoms with Crippen molar-refractivity contribution in [3.05, 3.63) is 116 Å². The monoisotopic (exact) mass is 1010 g/mol. The first-order valence-corrected chi connectivity index (χ1v) is 25.7. The molecule has 2 fully saturated rings. The van der Waals surface area contributed by atoms with Gasteiger partial charge in [0.15, 0.2) is 21.5 Å². The number of ether oxygens (including phenoxy) is 7. The number of carbonyl (C=O) groups excluding carboxylic acids is 6. The fraction of sp³-hybridized carbons (Fsp3) is 0.345. The Morgan fingerprint density at radius 2 is 1.00 bits per heavy atom. The lowest BCUT2D eigenvalue weighted by Gasteiger charge is -2.26. The van der Waals surface area contributed by atoms with Crippen LogP contribution in [0.25, 0.3) is 30.4 Å². The summed E-state index contributed by atoms with van der Waals surface area (Å²) in [4.78, 5) is 86.0. The normalized spacial score (nSPS) is 17.6. The van der Waals surface area contributed by atoms with E-state index in [9.17, 15) is 28.8 Å². The van der Waals surface area contributed by atoms with Crippen molar-refractivity contribution in [1.82, 2.24) is 9.97 Å². The number of benzene rings is 4. The molecule has 2 aliphatic carbocycles.